The number of guanidine groups is 1. The van der Waals surface area contributed by atoms with Crippen molar-refractivity contribution in [3.63, 3.8) is 0 Å². The van der Waals surface area contributed by atoms with Crippen LogP contribution in [0.3, 0.4) is 0 Å². The smallest absolute Gasteiger partial charge is 0.203 e. The zero-order chi connectivity index (χ0) is 21.8. The van der Waals surface area contributed by atoms with Crippen LogP contribution in [0.5, 0.6) is 17.2 Å². The third-order valence-electron chi connectivity index (χ3n) is 5.89. The molecule has 8 heteroatoms. The first-order chi connectivity index (χ1) is 14.6. The van der Waals surface area contributed by atoms with Crippen molar-refractivity contribution in [1.29, 1.82) is 0 Å². The van der Waals surface area contributed by atoms with Gasteiger partial charge in [-0.2, -0.15) is 0 Å². The first-order valence-electron chi connectivity index (χ1n) is 10.9. The molecule has 178 valence electrons. The van der Waals surface area contributed by atoms with Crippen molar-refractivity contribution in [2.75, 3.05) is 54.7 Å². The van der Waals surface area contributed by atoms with Crippen LogP contribution in [0.25, 0.3) is 0 Å². The molecule has 0 amide bonds. The summed E-state index contributed by atoms with van der Waals surface area (Å²) in [5.74, 6) is 2.86. The molecule has 31 heavy (non-hydrogen) atoms. The van der Waals surface area contributed by atoms with Gasteiger partial charge in [0.1, 0.15) is 0 Å². The number of hydrogen-bond acceptors (Lipinski definition) is 5. The fraction of sp³-hybridized carbons (Fsp3) is 0.696. The number of aliphatic imine (C=N–C) groups is 1. The summed E-state index contributed by atoms with van der Waals surface area (Å²) in [4.78, 5) is 4.92. The molecule has 0 heterocycles. The molecular formula is C23H40IN3O4. The molecule has 0 spiro atoms. The predicted octanol–water partition coefficient (Wildman–Crippen LogP) is 4.02. The molecule has 0 saturated heterocycles. The average Bonchev–Trinajstić information content (AvgIpc) is 3.24. The van der Waals surface area contributed by atoms with Gasteiger partial charge in [-0.15, -0.1) is 24.0 Å². The quantitative estimate of drug-likeness (QED) is 0.233. The summed E-state index contributed by atoms with van der Waals surface area (Å²) >= 11 is 0. The fourth-order valence-electron chi connectivity index (χ4n) is 4.19. The average molecular weight is 549 g/mol. The third-order valence-corrected chi connectivity index (χ3v) is 5.89. The van der Waals surface area contributed by atoms with E-state index < -0.39 is 0 Å². The van der Waals surface area contributed by atoms with Gasteiger partial charge in [0.2, 0.25) is 5.75 Å². The summed E-state index contributed by atoms with van der Waals surface area (Å²) in [6.07, 6.45) is 6.92. The van der Waals surface area contributed by atoms with E-state index in [9.17, 15) is 0 Å². The third kappa shape index (κ3) is 7.89. The van der Waals surface area contributed by atoms with Crippen molar-refractivity contribution in [3.8, 4) is 17.2 Å². The zero-order valence-electron chi connectivity index (χ0n) is 19.7. The molecule has 2 N–H and O–H groups in total. The zero-order valence-corrected chi connectivity index (χ0v) is 22.0. The van der Waals surface area contributed by atoms with E-state index in [0.29, 0.717) is 17.2 Å². The standard InChI is InChI=1S/C23H39N3O4.HI/c1-6-24-22(26-17-23(14-16-27-2)12-7-8-13-23)25-15-11-18-9-10-19(28-3)21(30-5)20(18)29-4;/h9-10H,6-8,11-17H2,1-5H3,(H2,24,25,26);1H. The van der Waals surface area contributed by atoms with Crippen LogP contribution in [0.15, 0.2) is 17.1 Å². The number of rotatable bonds is 12. The Bertz CT molecular complexity index is 679. The first-order valence-corrected chi connectivity index (χ1v) is 10.9. The minimum Gasteiger partial charge on any atom is -0.493 e. The Morgan fingerprint density at radius 2 is 1.71 bits per heavy atom. The lowest BCUT2D eigenvalue weighted by Crippen LogP contribution is -2.39. The lowest BCUT2D eigenvalue weighted by atomic mass is 9.83. The molecule has 1 aliphatic rings. The van der Waals surface area contributed by atoms with Crippen LogP contribution >= 0.6 is 24.0 Å². The van der Waals surface area contributed by atoms with Crippen LogP contribution in [0, 0.1) is 5.41 Å². The predicted molar refractivity (Wildman–Crippen MR) is 137 cm³/mol. The SMILES string of the molecule is CCNC(=NCC1(CCOC)CCCC1)NCCc1ccc(OC)c(OC)c1OC.I. The molecule has 0 bridgehead atoms. The summed E-state index contributed by atoms with van der Waals surface area (Å²) in [5.41, 5.74) is 1.34. The van der Waals surface area contributed by atoms with E-state index in [1.807, 2.05) is 12.1 Å². The Kier molecular flexibility index (Phi) is 13.0. The largest absolute Gasteiger partial charge is 0.493 e. The summed E-state index contributed by atoms with van der Waals surface area (Å²) in [6, 6.07) is 3.93. The van der Waals surface area contributed by atoms with Crippen LogP contribution in [-0.4, -0.2) is 60.6 Å². The lowest BCUT2D eigenvalue weighted by Gasteiger charge is -2.27. The van der Waals surface area contributed by atoms with Gasteiger partial charge in [0.25, 0.3) is 0 Å². The highest BCUT2D eigenvalue weighted by atomic mass is 127. The number of ether oxygens (including phenoxy) is 4. The van der Waals surface area contributed by atoms with E-state index in [0.717, 1.165) is 50.6 Å². The minimum atomic E-state index is 0. The number of nitrogens with zero attached hydrogens (tertiary/aromatic N) is 1. The van der Waals surface area contributed by atoms with E-state index in [1.54, 1.807) is 28.4 Å². The molecule has 0 aromatic heterocycles. The maximum absolute atomic E-state index is 5.59. The van der Waals surface area contributed by atoms with Gasteiger partial charge < -0.3 is 29.6 Å². The Balaban J connectivity index is 0.00000480. The van der Waals surface area contributed by atoms with Gasteiger partial charge in [-0.3, -0.25) is 4.99 Å². The van der Waals surface area contributed by atoms with Crippen LogP contribution in [0.4, 0.5) is 0 Å². The van der Waals surface area contributed by atoms with Gasteiger partial charge in [-0.05, 0) is 44.1 Å². The summed E-state index contributed by atoms with van der Waals surface area (Å²) in [6.45, 7) is 5.30. The van der Waals surface area contributed by atoms with E-state index in [2.05, 4.69) is 17.6 Å². The van der Waals surface area contributed by atoms with Crippen LogP contribution in [-0.2, 0) is 11.2 Å². The van der Waals surface area contributed by atoms with E-state index in [1.165, 1.54) is 25.7 Å². The second-order valence-electron chi connectivity index (χ2n) is 7.82. The molecule has 0 aliphatic heterocycles. The molecule has 0 atom stereocenters. The van der Waals surface area contributed by atoms with Crippen LogP contribution in [0.1, 0.15) is 44.6 Å². The Labute approximate surface area is 204 Å². The van der Waals surface area contributed by atoms with E-state index in [-0.39, 0.29) is 29.4 Å². The maximum Gasteiger partial charge on any atom is 0.203 e. The second-order valence-corrected chi connectivity index (χ2v) is 7.82. The molecule has 7 nitrogen and oxygen atoms in total. The Morgan fingerprint density at radius 1 is 1.00 bits per heavy atom. The summed E-state index contributed by atoms with van der Waals surface area (Å²) in [7, 11) is 6.68. The fourth-order valence-corrected chi connectivity index (χ4v) is 4.19. The molecule has 0 radical (unpaired) electrons. The van der Waals surface area contributed by atoms with Crippen molar-refractivity contribution in [1.82, 2.24) is 10.6 Å². The Morgan fingerprint density at radius 3 is 2.29 bits per heavy atom. The highest BCUT2D eigenvalue weighted by Crippen LogP contribution is 2.41. The van der Waals surface area contributed by atoms with Gasteiger partial charge in [-0.25, -0.2) is 0 Å². The number of hydrogen-bond donors (Lipinski definition) is 2. The van der Waals surface area contributed by atoms with Gasteiger partial charge in [0, 0.05) is 38.9 Å². The van der Waals surface area contributed by atoms with E-state index >= 15 is 0 Å². The molecule has 1 aromatic rings. The first kappa shape index (κ1) is 27.6. The monoisotopic (exact) mass is 549 g/mol. The van der Waals surface area contributed by atoms with Crippen molar-refractivity contribution in [3.05, 3.63) is 17.7 Å². The second kappa shape index (κ2) is 14.6. The Hall–Kier alpha value is -1.42. The molecular weight excluding hydrogens is 509 g/mol. The van der Waals surface area contributed by atoms with Gasteiger partial charge in [0.05, 0.1) is 21.3 Å². The normalized spacial score (nSPS) is 15.2. The van der Waals surface area contributed by atoms with Crippen molar-refractivity contribution < 1.29 is 18.9 Å². The molecule has 1 aromatic carbocycles. The van der Waals surface area contributed by atoms with Crippen molar-refractivity contribution >= 4 is 29.9 Å². The number of halogens is 1. The molecule has 1 saturated carbocycles. The van der Waals surface area contributed by atoms with Crippen molar-refractivity contribution in [2.45, 2.75) is 45.4 Å². The lowest BCUT2D eigenvalue weighted by molar-refractivity contribution is 0.141. The highest BCUT2D eigenvalue weighted by Gasteiger charge is 2.33. The topological polar surface area (TPSA) is 73.3 Å². The molecule has 0 unspecified atom stereocenters. The van der Waals surface area contributed by atoms with Gasteiger partial charge in [-0.1, -0.05) is 18.9 Å². The number of nitrogens with one attached hydrogen (secondary N) is 2. The van der Waals surface area contributed by atoms with Gasteiger partial charge in [0.15, 0.2) is 17.5 Å². The van der Waals surface area contributed by atoms with Gasteiger partial charge >= 0.3 is 0 Å². The highest BCUT2D eigenvalue weighted by molar-refractivity contribution is 14.0. The number of benzene rings is 1. The maximum atomic E-state index is 5.59. The summed E-state index contributed by atoms with van der Waals surface area (Å²) in [5, 5.41) is 6.83. The van der Waals surface area contributed by atoms with E-state index in [4.69, 9.17) is 23.9 Å². The minimum absolute atomic E-state index is 0. The van der Waals surface area contributed by atoms with Crippen LogP contribution in [0.2, 0.25) is 0 Å². The van der Waals surface area contributed by atoms with Crippen molar-refractivity contribution in [2.24, 2.45) is 10.4 Å². The van der Waals surface area contributed by atoms with Crippen LogP contribution < -0.4 is 24.8 Å². The summed E-state index contributed by atoms with van der Waals surface area (Å²) < 4.78 is 21.8. The number of methoxy groups -OCH3 is 4. The molecule has 2 rings (SSSR count). The molecule has 1 fully saturated rings. The molecule has 1 aliphatic carbocycles.